The van der Waals surface area contributed by atoms with Crippen LogP contribution < -0.4 is 5.32 Å². The third-order valence-corrected chi connectivity index (χ3v) is 4.54. The molecule has 2 rings (SSSR count). The van der Waals surface area contributed by atoms with Crippen LogP contribution in [0.4, 0.5) is 0 Å². The van der Waals surface area contributed by atoms with Gasteiger partial charge in [-0.1, -0.05) is 25.3 Å². The van der Waals surface area contributed by atoms with Crippen molar-refractivity contribution in [3.8, 4) is 0 Å². The van der Waals surface area contributed by atoms with Crippen LogP contribution in [0.1, 0.15) is 62.6 Å². The SMILES string of the molecule is CCCNC(c1snnc1C(C)C)C1CCOCC1. The highest BCUT2D eigenvalue weighted by molar-refractivity contribution is 7.05. The molecule has 108 valence electrons. The maximum absolute atomic E-state index is 5.49. The Labute approximate surface area is 120 Å². The standard InChI is InChI=1S/C14H25N3OS/c1-4-7-15-13(11-5-8-18-9-6-11)14-12(10(2)3)16-17-19-14/h10-11,13,15H,4-9H2,1-3H3. The molecule has 1 fully saturated rings. The fraction of sp³-hybridized carbons (Fsp3) is 0.857. The zero-order valence-electron chi connectivity index (χ0n) is 12.2. The molecule has 1 N–H and O–H groups in total. The van der Waals surface area contributed by atoms with Crippen molar-refractivity contribution in [1.29, 1.82) is 0 Å². The summed E-state index contributed by atoms with van der Waals surface area (Å²) in [5.41, 5.74) is 1.17. The molecule has 1 aromatic rings. The van der Waals surface area contributed by atoms with Crippen molar-refractivity contribution in [3.05, 3.63) is 10.6 Å². The van der Waals surface area contributed by atoms with E-state index in [1.54, 1.807) is 11.5 Å². The Hall–Kier alpha value is -0.520. The Kier molecular flexibility index (Phi) is 5.73. The van der Waals surface area contributed by atoms with Crippen molar-refractivity contribution in [2.75, 3.05) is 19.8 Å². The van der Waals surface area contributed by atoms with Crippen molar-refractivity contribution in [2.45, 2.75) is 52.0 Å². The molecule has 0 aromatic carbocycles. The second kappa shape index (κ2) is 7.31. The van der Waals surface area contributed by atoms with E-state index in [9.17, 15) is 0 Å². The van der Waals surface area contributed by atoms with E-state index in [1.807, 2.05) is 0 Å². The number of aromatic nitrogens is 2. The minimum Gasteiger partial charge on any atom is -0.381 e. The number of nitrogens with one attached hydrogen (secondary N) is 1. The summed E-state index contributed by atoms with van der Waals surface area (Å²) in [5.74, 6) is 1.10. The highest BCUT2D eigenvalue weighted by Crippen LogP contribution is 2.35. The van der Waals surface area contributed by atoms with Crippen LogP contribution in [0.2, 0.25) is 0 Å². The minimum absolute atomic E-state index is 0.404. The Balaban J connectivity index is 2.17. The van der Waals surface area contributed by atoms with E-state index in [-0.39, 0.29) is 0 Å². The first kappa shape index (κ1) is 14.9. The topological polar surface area (TPSA) is 47.0 Å². The first-order chi connectivity index (χ1) is 9.24. The number of hydrogen-bond acceptors (Lipinski definition) is 5. The molecule has 1 aliphatic rings. The van der Waals surface area contributed by atoms with Gasteiger partial charge in [0.2, 0.25) is 0 Å². The van der Waals surface area contributed by atoms with Gasteiger partial charge in [-0.2, -0.15) is 0 Å². The normalized spacial score (nSPS) is 18.9. The second-order valence-electron chi connectivity index (χ2n) is 5.56. The molecule has 1 saturated heterocycles. The van der Waals surface area contributed by atoms with E-state index in [0.717, 1.165) is 39.0 Å². The summed E-state index contributed by atoms with van der Waals surface area (Å²) in [6.07, 6.45) is 3.43. The molecule has 0 aliphatic carbocycles. The van der Waals surface area contributed by atoms with Gasteiger partial charge in [0.15, 0.2) is 0 Å². The number of ether oxygens (including phenoxy) is 1. The fourth-order valence-corrected chi connectivity index (χ4v) is 3.62. The average molecular weight is 283 g/mol. The average Bonchev–Trinajstić information content (AvgIpc) is 2.90. The van der Waals surface area contributed by atoms with Gasteiger partial charge in [0.05, 0.1) is 10.6 Å². The quantitative estimate of drug-likeness (QED) is 0.871. The summed E-state index contributed by atoms with van der Waals surface area (Å²) in [6, 6.07) is 0.404. The van der Waals surface area contributed by atoms with Gasteiger partial charge in [-0.25, -0.2) is 0 Å². The van der Waals surface area contributed by atoms with Gasteiger partial charge in [0.25, 0.3) is 0 Å². The van der Waals surface area contributed by atoms with Crippen LogP contribution in [0.5, 0.6) is 0 Å². The van der Waals surface area contributed by atoms with Crippen LogP contribution in [0.25, 0.3) is 0 Å². The first-order valence-electron chi connectivity index (χ1n) is 7.37. The van der Waals surface area contributed by atoms with E-state index in [4.69, 9.17) is 4.74 Å². The Bertz CT molecular complexity index is 375. The van der Waals surface area contributed by atoms with Crippen molar-refractivity contribution in [2.24, 2.45) is 5.92 Å². The fourth-order valence-electron chi connectivity index (χ4n) is 2.64. The first-order valence-corrected chi connectivity index (χ1v) is 8.14. The van der Waals surface area contributed by atoms with Gasteiger partial charge in [-0.3, -0.25) is 0 Å². The van der Waals surface area contributed by atoms with Crippen LogP contribution in [-0.4, -0.2) is 29.3 Å². The molecule has 1 aromatic heterocycles. The minimum atomic E-state index is 0.404. The van der Waals surface area contributed by atoms with Gasteiger partial charge >= 0.3 is 0 Å². The lowest BCUT2D eigenvalue weighted by molar-refractivity contribution is 0.0539. The van der Waals surface area contributed by atoms with E-state index in [1.165, 1.54) is 10.6 Å². The number of nitrogens with zero attached hydrogens (tertiary/aromatic N) is 2. The summed E-state index contributed by atoms with van der Waals surface area (Å²) < 4.78 is 9.68. The third kappa shape index (κ3) is 3.74. The Morgan fingerprint density at radius 3 is 2.74 bits per heavy atom. The highest BCUT2D eigenvalue weighted by Gasteiger charge is 2.29. The molecule has 1 aliphatic heterocycles. The molecule has 0 radical (unpaired) electrons. The van der Waals surface area contributed by atoms with Crippen molar-refractivity contribution < 1.29 is 4.74 Å². The molecule has 0 spiro atoms. The van der Waals surface area contributed by atoms with Crippen LogP contribution in [0, 0.1) is 5.92 Å². The van der Waals surface area contributed by atoms with E-state index in [0.29, 0.717) is 17.9 Å². The van der Waals surface area contributed by atoms with E-state index < -0.39 is 0 Å². The summed E-state index contributed by atoms with van der Waals surface area (Å²) in [4.78, 5) is 1.34. The van der Waals surface area contributed by atoms with Gasteiger partial charge < -0.3 is 10.1 Å². The second-order valence-corrected chi connectivity index (χ2v) is 6.34. The number of rotatable bonds is 6. The van der Waals surface area contributed by atoms with Gasteiger partial charge in [0, 0.05) is 19.3 Å². The van der Waals surface area contributed by atoms with Gasteiger partial charge in [-0.15, -0.1) is 5.10 Å². The third-order valence-electron chi connectivity index (χ3n) is 3.72. The smallest absolute Gasteiger partial charge is 0.0829 e. The summed E-state index contributed by atoms with van der Waals surface area (Å²) in [7, 11) is 0. The molecule has 5 heteroatoms. The maximum atomic E-state index is 5.49. The molecule has 0 amide bonds. The van der Waals surface area contributed by atoms with Gasteiger partial charge in [-0.05, 0) is 49.2 Å². The van der Waals surface area contributed by atoms with Crippen LogP contribution >= 0.6 is 11.5 Å². The monoisotopic (exact) mass is 283 g/mol. The highest BCUT2D eigenvalue weighted by atomic mass is 32.1. The molecule has 1 unspecified atom stereocenters. The molecule has 0 saturated carbocycles. The molecule has 19 heavy (non-hydrogen) atoms. The van der Waals surface area contributed by atoms with Crippen molar-refractivity contribution in [3.63, 3.8) is 0 Å². The molecular weight excluding hydrogens is 258 g/mol. The maximum Gasteiger partial charge on any atom is 0.0829 e. The van der Waals surface area contributed by atoms with Gasteiger partial charge in [0.1, 0.15) is 0 Å². The van der Waals surface area contributed by atoms with Crippen LogP contribution in [0.3, 0.4) is 0 Å². The predicted octanol–water partition coefficient (Wildman–Crippen LogP) is 3.13. The van der Waals surface area contributed by atoms with Crippen LogP contribution in [-0.2, 0) is 4.74 Å². The zero-order valence-corrected chi connectivity index (χ0v) is 13.0. The summed E-state index contributed by atoms with van der Waals surface area (Å²) in [6.45, 7) is 9.43. The summed E-state index contributed by atoms with van der Waals surface area (Å²) in [5, 5.41) is 8.05. The predicted molar refractivity (Wildman–Crippen MR) is 78.6 cm³/mol. The zero-order chi connectivity index (χ0) is 13.7. The lowest BCUT2D eigenvalue weighted by atomic mass is 9.89. The molecular formula is C14H25N3OS. The Morgan fingerprint density at radius 2 is 2.11 bits per heavy atom. The van der Waals surface area contributed by atoms with E-state index in [2.05, 4.69) is 35.7 Å². The van der Waals surface area contributed by atoms with Crippen molar-refractivity contribution in [1.82, 2.24) is 14.9 Å². The van der Waals surface area contributed by atoms with Crippen LogP contribution in [0.15, 0.2) is 0 Å². The molecule has 0 bridgehead atoms. The van der Waals surface area contributed by atoms with Crippen molar-refractivity contribution >= 4 is 11.5 Å². The molecule has 4 nitrogen and oxygen atoms in total. The summed E-state index contributed by atoms with van der Waals surface area (Å²) >= 11 is 1.57. The molecule has 1 atom stereocenters. The number of hydrogen-bond donors (Lipinski definition) is 1. The lowest BCUT2D eigenvalue weighted by Gasteiger charge is -2.31. The Morgan fingerprint density at radius 1 is 1.37 bits per heavy atom. The lowest BCUT2D eigenvalue weighted by Crippen LogP contribution is -2.32. The molecule has 2 heterocycles. The van der Waals surface area contributed by atoms with E-state index >= 15 is 0 Å². The largest absolute Gasteiger partial charge is 0.381 e.